The SMILES string of the molecule is CC1CN(c2ncnc(N)c2Br)CCS1. The van der Waals surface area contributed by atoms with Crippen molar-refractivity contribution in [2.75, 3.05) is 29.5 Å². The van der Waals surface area contributed by atoms with Gasteiger partial charge in [-0.25, -0.2) is 9.97 Å². The summed E-state index contributed by atoms with van der Waals surface area (Å²) in [6.45, 7) is 4.26. The van der Waals surface area contributed by atoms with E-state index in [0.717, 1.165) is 29.1 Å². The molecule has 0 amide bonds. The van der Waals surface area contributed by atoms with E-state index in [1.807, 2.05) is 11.8 Å². The van der Waals surface area contributed by atoms with Gasteiger partial charge in [0.15, 0.2) is 0 Å². The van der Waals surface area contributed by atoms with Crippen molar-refractivity contribution in [1.82, 2.24) is 9.97 Å². The van der Waals surface area contributed by atoms with Crippen LogP contribution in [-0.2, 0) is 0 Å². The van der Waals surface area contributed by atoms with Crippen molar-refractivity contribution in [3.05, 3.63) is 10.8 Å². The second-order valence-corrected chi connectivity index (χ2v) is 5.86. The summed E-state index contributed by atoms with van der Waals surface area (Å²) in [7, 11) is 0. The van der Waals surface area contributed by atoms with E-state index in [-0.39, 0.29) is 0 Å². The number of anilines is 2. The van der Waals surface area contributed by atoms with Gasteiger partial charge in [-0.2, -0.15) is 11.8 Å². The average molecular weight is 289 g/mol. The van der Waals surface area contributed by atoms with Gasteiger partial charge in [-0.3, -0.25) is 0 Å². The van der Waals surface area contributed by atoms with E-state index < -0.39 is 0 Å². The van der Waals surface area contributed by atoms with Crippen LogP contribution < -0.4 is 10.6 Å². The molecule has 0 radical (unpaired) electrons. The first kappa shape index (κ1) is 11.0. The minimum atomic E-state index is 0.505. The van der Waals surface area contributed by atoms with E-state index in [2.05, 4.69) is 37.7 Å². The Bertz CT molecular complexity index is 360. The van der Waals surface area contributed by atoms with Gasteiger partial charge in [0, 0.05) is 24.1 Å². The molecule has 0 spiro atoms. The fourth-order valence-corrected chi connectivity index (χ4v) is 3.07. The van der Waals surface area contributed by atoms with Crippen LogP contribution in [0, 0.1) is 0 Å². The lowest BCUT2D eigenvalue weighted by Gasteiger charge is -2.32. The molecule has 2 heterocycles. The predicted molar refractivity (Wildman–Crippen MR) is 68.3 cm³/mol. The molecule has 0 saturated carbocycles. The molecule has 1 unspecified atom stereocenters. The van der Waals surface area contributed by atoms with E-state index in [9.17, 15) is 0 Å². The Labute approximate surface area is 102 Å². The first-order valence-electron chi connectivity index (χ1n) is 4.81. The first-order valence-corrected chi connectivity index (χ1v) is 6.65. The summed E-state index contributed by atoms with van der Waals surface area (Å²) in [6, 6.07) is 0. The van der Waals surface area contributed by atoms with Crippen LogP contribution in [0.5, 0.6) is 0 Å². The van der Waals surface area contributed by atoms with Crippen LogP contribution in [0.4, 0.5) is 11.6 Å². The van der Waals surface area contributed by atoms with Gasteiger partial charge < -0.3 is 10.6 Å². The summed E-state index contributed by atoms with van der Waals surface area (Å²) < 4.78 is 0.809. The van der Waals surface area contributed by atoms with Crippen LogP contribution in [-0.4, -0.2) is 34.1 Å². The van der Waals surface area contributed by atoms with Crippen LogP contribution in [0.2, 0.25) is 0 Å². The van der Waals surface area contributed by atoms with Gasteiger partial charge in [0.25, 0.3) is 0 Å². The normalized spacial score (nSPS) is 21.7. The Morgan fingerprint density at radius 3 is 3.13 bits per heavy atom. The zero-order chi connectivity index (χ0) is 10.8. The Kier molecular flexibility index (Phi) is 3.35. The van der Waals surface area contributed by atoms with Crippen LogP contribution >= 0.6 is 27.7 Å². The molecule has 1 atom stereocenters. The Hall–Kier alpha value is -0.490. The third kappa shape index (κ3) is 2.36. The van der Waals surface area contributed by atoms with E-state index >= 15 is 0 Å². The molecule has 1 aliphatic heterocycles. The Morgan fingerprint density at radius 2 is 2.40 bits per heavy atom. The second-order valence-electron chi connectivity index (χ2n) is 3.52. The molecule has 0 aliphatic carbocycles. The number of aromatic nitrogens is 2. The minimum absolute atomic E-state index is 0.505. The van der Waals surface area contributed by atoms with Gasteiger partial charge in [-0.05, 0) is 15.9 Å². The molecule has 2 rings (SSSR count). The number of halogens is 1. The number of rotatable bonds is 1. The minimum Gasteiger partial charge on any atom is -0.383 e. The monoisotopic (exact) mass is 288 g/mol. The predicted octanol–water partition coefficient (Wildman–Crippen LogP) is 1.76. The van der Waals surface area contributed by atoms with Gasteiger partial charge >= 0.3 is 0 Å². The summed E-state index contributed by atoms with van der Waals surface area (Å²) >= 11 is 5.43. The number of thioether (sulfide) groups is 1. The first-order chi connectivity index (χ1) is 7.18. The lowest BCUT2D eigenvalue weighted by atomic mass is 10.3. The van der Waals surface area contributed by atoms with Crippen LogP contribution in [0.3, 0.4) is 0 Å². The standard InChI is InChI=1S/C9H13BrN4S/c1-6-4-14(2-3-15-6)9-7(10)8(11)12-5-13-9/h5-6H,2-4H2,1H3,(H2,11,12,13). The maximum absolute atomic E-state index is 5.73. The molecule has 2 N–H and O–H groups in total. The van der Waals surface area contributed by atoms with Crippen molar-refractivity contribution in [2.24, 2.45) is 0 Å². The molecule has 1 aliphatic rings. The Balaban J connectivity index is 2.24. The van der Waals surface area contributed by atoms with E-state index in [0.29, 0.717) is 11.1 Å². The summed E-state index contributed by atoms with van der Waals surface area (Å²) in [4.78, 5) is 10.5. The zero-order valence-electron chi connectivity index (χ0n) is 8.48. The summed E-state index contributed by atoms with van der Waals surface area (Å²) in [5, 5.41) is 0.641. The molecule has 0 aromatic carbocycles. The zero-order valence-corrected chi connectivity index (χ0v) is 10.9. The van der Waals surface area contributed by atoms with Gasteiger partial charge in [-0.15, -0.1) is 0 Å². The van der Waals surface area contributed by atoms with Crippen molar-refractivity contribution in [1.29, 1.82) is 0 Å². The molecular formula is C9H13BrN4S. The van der Waals surface area contributed by atoms with E-state index in [1.165, 1.54) is 6.33 Å². The highest BCUT2D eigenvalue weighted by molar-refractivity contribution is 9.10. The third-order valence-electron chi connectivity index (χ3n) is 2.34. The molecule has 6 heteroatoms. The number of hydrogen-bond acceptors (Lipinski definition) is 5. The molecule has 15 heavy (non-hydrogen) atoms. The van der Waals surface area contributed by atoms with Crippen LogP contribution in [0.1, 0.15) is 6.92 Å². The summed E-state index contributed by atoms with van der Waals surface area (Å²) in [5.74, 6) is 2.55. The lowest BCUT2D eigenvalue weighted by Crippen LogP contribution is -2.37. The molecule has 82 valence electrons. The number of nitrogen functional groups attached to an aromatic ring is 1. The number of nitrogens with two attached hydrogens (primary N) is 1. The fourth-order valence-electron chi connectivity index (χ4n) is 1.60. The smallest absolute Gasteiger partial charge is 0.148 e. The van der Waals surface area contributed by atoms with E-state index in [1.54, 1.807) is 0 Å². The van der Waals surface area contributed by atoms with Gasteiger partial charge in [0.2, 0.25) is 0 Å². The van der Waals surface area contributed by atoms with Gasteiger partial charge in [0.05, 0.1) is 0 Å². The molecular weight excluding hydrogens is 276 g/mol. The van der Waals surface area contributed by atoms with Crippen molar-refractivity contribution in [3.63, 3.8) is 0 Å². The summed E-state index contributed by atoms with van der Waals surface area (Å²) in [6.07, 6.45) is 1.52. The molecule has 1 aromatic rings. The van der Waals surface area contributed by atoms with Crippen LogP contribution in [0.25, 0.3) is 0 Å². The van der Waals surface area contributed by atoms with Crippen molar-refractivity contribution >= 4 is 39.3 Å². The van der Waals surface area contributed by atoms with Crippen molar-refractivity contribution in [2.45, 2.75) is 12.2 Å². The molecule has 4 nitrogen and oxygen atoms in total. The highest BCUT2D eigenvalue weighted by atomic mass is 79.9. The molecule has 1 saturated heterocycles. The maximum Gasteiger partial charge on any atom is 0.148 e. The highest BCUT2D eigenvalue weighted by Crippen LogP contribution is 2.30. The molecule has 1 aromatic heterocycles. The van der Waals surface area contributed by atoms with Crippen molar-refractivity contribution < 1.29 is 0 Å². The van der Waals surface area contributed by atoms with E-state index in [4.69, 9.17) is 5.73 Å². The highest BCUT2D eigenvalue weighted by Gasteiger charge is 2.20. The largest absolute Gasteiger partial charge is 0.383 e. The lowest BCUT2D eigenvalue weighted by molar-refractivity contribution is 0.766. The number of hydrogen-bond donors (Lipinski definition) is 1. The maximum atomic E-state index is 5.73. The van der Waals surface area contributed by atoms with Crippen LogP contribution in [0.15, 0.2) is 10.8 Å². The third-order valence-corrected chi connectivity index (χ3v) is 4.24. The van der Waals surface area contributed by atoms with Crippen molar-refractivity contribution in [3.8, 4) is 0 Å². The summed E-state index contributed by atoms with van der Waals surface area (Å²) in [5.41, 5.74) is 5.73. The topological polar surface area (TPSA) is 55.0 Å². The molecule has 0 bridgehead atoms. The average Bonchev–Trinajstić information content (AvgIpc) is 2.22. The Morgan fingerprint density at radius 1 is 1.60 bits per heavy atom. The quantitative estimate of drug-likeness (QED) is 0.854. The van der Waals surface area contributed by atoms with Gasteiger partial charge in [-0.1, -0.05) is 6.92 Å². The van der Waals surface area contributed by atoms with Gasteiger partial charge in [0.1, 0.15) is 22.4 Å². The number of nitrogens with zero attached hydrogens (tertiary/aromatic N) is 3. The second kappa shape index (κ2) is 4.57. The molecule has 1 fully saturated rings. The fraction of sp³-hybridized carbons (Fsp3) is 0.556.